The number of anilines is 1. The monoisotopic (exact) mass is 402 g/mol. The van der Waals surface area contributed by atoms with E-state index in [0.717, 1.165) is 21.4 Å². The van der Waals surface area contributed by atoms with Gasteiger partial charge < -0.3 is 9.47 Å². The van der Waals surface area contributed by atoms with Crippen molar-refractivity contribution in [3.8, 4) is 11.1 Å². The van der Waals surface area contributed by atoms with Crippen LogP contribution in [0.1, 0.15) is 0 Å². The number of amides is 1. The second kappa shape index (κ2) is 7.51. The Morgan fingerprint density at radius 3 is 2.13 bits per heavy atom. The minimum Gasteiger partial charge on any atom is -0.344 e. The molecular weight excluding hydrogens is 380 g/mol. The fourth-order valence-corrected chi connectivity index (χ4v) is 3.67. The van der Waals surface area contributed by atoms with Gasteiger partial charge in [-0.3, -0.25) is 18.7 Å². The quantitative estimate of drug-likeness (QED) is 0.526. The summed E-state index contributed by atoms with van der Waals surface area (Å²) in [5.41, 5.74) is 2.27. The highest BCUT2D eigenvalue weighted by Gasteiger charge is 2.22. The van der Waals surface area contributed by atoms with Crippen molar-refractivity contribution in [1.82, 2.24) is 13.7 Å². The fourth-order valence-electron chi connectivity index (χ4n) is 3.67. The Labute approximate surface area is 173 Å². The molecule has 7 nitrogen and oxygen atoms in total. The van der Waals surface area contributed by atoms with Crippen molar-refractivity contribution in [2.24, 2.45) is 14.1 Å². The van der Waals surface area contributed by atoms with Gasteiger partial charge in [-0.2, -0.15) is 0 Å². The highest BCUT2D eigenvalue weighted by Crippen LogP contribution is 2.28. The van der Waals surface area contributed by atoms with E-state index < -0.39 is 5.69 Å². The van der Waals surface area contributed by atoms with Crippen LogP contribution >= 0.6 is 0 Å². The van der Waals surface area contributed by atoms with Gasteiger partial charge in [-0.1, -0.05) is 48.5 Å². The van der Waals surface area contributed by atoms with Gasteiger partial charge >= 0.3 is 5.69 Å². The average Bonchev–Trinajstić information content (AvgIpc) is 3.12. The second-order valence-electron chi connectivity index (χ2n) is 7.24. The molecule has 4 rings (SSSR count). The van der Waals surface area contributed by atoms with E-state index in [1.54, 1.807) is 18.7 Å². The number of carbonyl (C=O) groups excluding carboxylic acids is 1. The number of aryl methyl sites for hydroxylation is 1. The third-order valence-corrected chi connectivity index (χ3v) is 5.35. The third-order valence-electron chi connectivity index (χ3n) is 5.35. The lowest BCUT2D eigenvalue weighted by Crippen LogP contribution is -2.42. The van der Waals surface area contributed by atoms with Crippen molar-refractivity contribution >= 4 is 22.6 Å². The smallest absolute Gasteiger partial charge is 0.331 e. The van der Waals surface area contributed by atoms with Crippen LogP contribution in [-0.4, -0.2) is 26.7 Å². The molecule has 0 N–H and O–H groups in total. The topological polar surface area (TPSA) is 69.2 Å². The molecule has 2 aromatic heterocycles. The molecule has 0 radical (unpaired) electrons. The molecule has 0 bridgehead atoms. The van der Waals surface area contributed by atoms with Gasteiger partial charge in [-0.25, -0.2) is 4.79 Å². The number of aromatic nitrogens is 3. The molecule has 0 aliphatic carbocycles. The van der Waals surface area contributed by atoms with Crippen LogP contribution in [0.25, 0.3) is 22.2 Å². The van der Waals surface area contributed by atoms with Gasteiger partial charge in [0.05, 0.1) is 5.52 Å². The van der Waals surface area contributed by atoms with Gasteiger partial charge in [0.2, 0.25) is 5.91 Å². The molecule has 4 aromatic rings. The third kappa shape index (κ3) is 3.14. The summed E-state index contributed by atoms with van der Waals surface area (Å²) in [5.74, 6) is -0.258. The number of nitrogens with zero attached hydrogens (tertiary/aromatic N) is 4. The van der Waals surface area contributed by atoms with Crippen molar-refractivity contribution in [1.29, 1.82) is 0 Å². The summed E-state index contributed by atoms with van der Waals surface area (Å²) in [6.45, 7) is -0.182. The van der Waals surface area contributed by atoms with Crippen molar-refractivity contribution in [2.75, 3.05) is 11.9 Å². The fraction of sp³-hybridized carbons (Fsp3) is 0.174. The lowest BCUT2D eigenvalue weighted by atomic mass is 10.1. The Hall–Kier alpha value is -3.87. The first-order valence-corrected chi connectivity index (χ1v) is 9.56. The van der Waals surface area contributed by atoms with Gasteiger partial charge in [0.15, 0.2) is 0 Å². The van der Waals surface area contributed by atoms with E-state index in [0.29, 0.717) is 11.0 Å². The summed E-state index contributed by atoms with van der Waals surface area (Å²) in [6, 6.07) is 18.7. The summed E-state index contributed by atoms with van der Waals surface area (Å²) in [4.78, 5) is 40.4. The van der Waals surface area contributed by atoms with Crippen LogP contribution in [0.15, 0.2) is 76.4 Å². The predicted molar refractivity (Wildman–Crippen MR) is 118 cm³/mol. The Morgan fingerprint density at radius 1 is 0.900 bits per heavy atom. The van der Waals surface area contributed by atoms with Crippen LogP contribution < -0.4 is 16.1 Å². The molecule has 0 unspecified atom stereocenters. The van der Waals surface area contributed by atoms with Gasteiger partial charge in [0.1, 0.15) is 12.1 Å². The van der Waals surface area contributed by atoms with Crippen LogP contribution in [0.4, 0.5) is 5.69 Å². The number of likely N-dealkylation sites (N-methyl/N-ethyl adjacent to an activating group) is 1. The number of hydrogen-bond acceptors (Lipinski definition) is 3. The number of carbonyl (C=O) groups is 1. The van der Waals surface area contributed by atoms with E-state index in [-0.39, 0.29) is 18.0 Å². The molecule has 2 heterocycles. The molecule has 152 valence electrons. The van der Waals surface area contributed by atoms with Crippen LogP contribution in [0.5, 0.6) is 0 Å². The van der Waals surface area contributed by atoms with Gasteiger partial charge in [0, 0.05) is 38.6 Å². The molecule has 0 saturated heterocycles. The van der Waals surface area contributed by atoms with E-state index >= 15 is 0 Å². The molecule has 0 fully saturated rings. The van der Waals surface area contributed by atoms with Crippen LogP contribution in [0, 0.1) is 0 Å². The van der Waals surface area contributed by atoms with Crippen LogP contribution in [0.2, 0.25) is 0 Å². The minimum atomic E-state index is -0.523. The van der Waals surface area contributed by atoms with E-state index in [1.165, 1.54) is 16.5 Å². The average molecular weight is 402 g/mol. The predicted octanol–water partition coefficient (Wildman–Crippen LogP) is 2.37. The maximum Gasteiger partial charge on any atom is 0.331 e. The normalized spacial score (nSPS) is 11.0. The van der Waals surface area contributed by atoms with E-state index in [9.17, 15) is 14.4 Å². The van der Waals surface area contributed by atoms with Gasteiger partial charge in [-0.05, 0) is 17.7 Å². The summed E-state index contributed by atoms with van der Waals surface area (Å²) in [7, 11) is 4.87. The maximum atomic E-state index is 13.0. The van der Waals surface area contributed by atoms with Crippen molar-refractivity contribution in [3.63, 3.8) is 0 Å². The van der Waals surface area contributed by atoms with Gasteiger partial charge in [-0.15, -0.1) is 0 Å². The largest absolute Gasteiger partial charge is 0.344 e. The Morgan fingerprint density at radius 2 is 1.50 bits per heavy atom. The number of benzene rings is 2. The highest BCUT2D eigenvalue weighted by molar-refractivity contribution is 5.96. The number of rotatable bonds is 4. The number of para-hydroxylation sites is 1. The Bertz CT molecular complexity index is 1350. The lowest BCUT2D eigenvalue weighted by molar-refractivity contribution is -0.118. The summed E-state index contributed by atoms with van der Waals surface area (Å²) >= 11 is 0. The first-order chi connectivity index (χ1) is 14.4. The van der Waals surface area contributed by atoms with Crippen molar-refractivity contribution in [3.05, 3.63) is 87.7 Å². The second-order valence-corrected chi connectivity index (χ2v) is 7.24. The van der Waals surface area contributed by atoms with E-state index in [1.807, 2.05) is 66.9 Å². The maximum absolute atomic E-state index is 13.0. The zero-order valence-electron chi connectivity index (χ0n) is 17.1. The SMILES string of the molecule is CN(C(=O)Cn1c(=O)n(C)c(=O)c2c1c(-c1ccccc1)cn2C)c1ccccc1. The first-order valence-electron chi connectivity index (χ1n) is 9.56. The molecule has 30 heavy (non-hydrogen) atoms. The van der Waals surface area contributed by atoms with Crippen LogP contribution in [0.3, 0.4) is 0 Å². The molecule has 2 aromatic carbocycles. The highest BCUT2D eigenvalue weighted by atomic mass is 16.2. The molecule has 0 atom stereocenters. The number of fused-ring (bicyclic) bond motifs is 1. The minimum absolute atomic E-state index is 0.182. The summed E-state index contributed by atoms with van der Waals surface area (Å²) in [5, 5.41) is 0. The molecular formula is C23H22N4O3. The van der Waals surface area contributed by atoms with Gasteiger partial charge in [0.25, 0.3) is 5.56 Å². The molecule has 0 aliphatic heterocycles. The number of hydrogen-bond donors (Lipinski definition) is 0. The van der Waals surface area contributed by atoms with Crippen molar-refractivity contribution in [2.45, 2.75) is 6.54 Å². The summed E-state index contributed by atoms with van der Waals surface area (Å²) < 4.78 is 4.15. The van der Waals surface area contributed by atoms with Crippen molar-refractivity contribution < 1.29 is 4.79 Å². The molecule has 0 saturated carbocycles. The first kappa shape index (κ1) is 19.4. The molecule has 1 amide bonds. The zero-order chi connectivity index (χ0) is 21.4. The van der Waals surface area contributed by atoms with Crippen LogP contribution in [-0.2, 0) is 25.4 Å². The van der Waals surface area contributed by atoms with E-state index in [2.05, 4.69) is 0 Å². The van der Waals surface area contributed by atoms with E-state index in [4.69, 9.17) is 0 Å². The molecule has 7 heteroatoms. The summed E-state index contributed by atoms with van der Waals surface area (Å²) in [6.07, 6.45) is 1.82. The molecule has 0 spiro atoms. The Balaban J connectivity index is 1.92. The molecule has 0 aliphatic rings. The zero-order valence-corrected chi connectivity index (χ0v) is 17.1. The lowest BCUT2D eigenvalue weighted by Gasteiger charge is -2.19. The standard InChI is InChI=1S/C23H22N4O3/c1-24-14-18(16-10-6-4-7-11-16)20-21(24)22(29)26(3)23(30)27(20)15-19(28)25(2)17-12-8-5-9-13-17/h4-14H,15H2,1-3H3. The Kier molecular flexibility index (Phi) is 4.87.